The predicted octanol–water partition coefficient (Wildman–Crippen LogP) is 3.64. The fraction of sp³-hybridized carbons (Fsp3) is 0.211. The molecule has 16 heteroatoms. The van der Waals surface area contributed by atoms with Crippen LogP contribution in [0.5, 0.6) is 0 Å². The summed E-state index contributed by atoms with van der Waals surface area (Å²) >= 11 is 0. The molecule has 3 heterocycles. The molecule has 1 unspecified atom stereocenters. The summed E-state index contributed by atoms with van der Waals surface area (Å²) in [5.74, 6) is -1.38. The first-order chi connectivity index (χ1) is 16.4. The normalized spacial score (nSPS) is 13.0. The molecule has 3 aromatic heterocycles. The van der Waals surface area contributed by atoms with Gasteiger partial charge < -0.3 is 9.73 Å². The maximum atomic E-state index is 13.2. The van der Waals surface area contributed by atoms with Crippen LogP contribution in [0, 0.1) is 0 Å². The average molecular weight is 498 g/mol. The summed E-state index contributed by atoms with van der Waals surface area (Å²) < 4.78 is 85.1. The van der Waals surface area contributed by atoms with E-state index in [0.29, 0.717) is 12.1 Å². The van der Waals surface area contributed by atoms with Gasteiger partial charge in [0.15, 0.2) is 5.82 Å². The first-order valence-corrected chi connectivity index (χ1v) is 9.54. The van der Waals surface area contributed by atoms with Crippen molar-refractivity contribution in [1.82, 2.24) is 40.2 Å². The van der Waals surface area contributed by atoms with Crippen molar-refractivity contribution >= 4 is 5.91 Å². The molecule has 182 valence electrons. The minimum absolute atomic E-state index is 0.0132. The van der Waals surface area contributed by atoms with Gasteiger partial charge in [-0.2, -0.15) is 31.0 Å². The third kappa shape index (κ3) is 5.10. The van der Waals surface area contributed by atoms with Gasteiger partial charge in [-0.15, -0.1) is 15.3 Å². The summed E-state index contributed by atoms with van der Waals surface area (Å²) in [5, 5.41) is 13.7. The molecule has 0 saturated heterocycles. The molecule has 10 nitrogen and oxygen atoms in total. The van der Waals surface area contributed by atoms with E-state index in [1.807, 2.05) is 0 Å². The van der Waals surface area contributed by atoms with E-state index in [1.165, 1.54) is 25.4 Å². The number of rotatable bonds is 5. The van der Waals surface area contributed by atoms with Gasteiger partial charge >= 0.3 is 12.4 Å². The van der Waals surface area contributed by atoms with E-state index < -0.39 is 41.0 Å². The van der Waals surface area contributed by atoms with Crippen molar-refractivity contribution < 1.29 is 35.6 Å². The zero-order valence-corrected chi connectivity index (χ0v) is 17.3. The number of halogens is 6. The highest BCUT2D eigenvalue weighted by Crippen LogP contribution is 2.36. The average Bonchev–Trinajstić information content (AvgIpc) is 3.48. The Morgan fingerprint density at radius 3 is 2.20 bits per heavy atom. The van der Waals surface area contributed by atoms with Crippen LogP contribution in [-0.4, -0.2) is 40.8 Å². The second-order valence-electron chi connectivity index (χ2n) is 6.99. The SMILES string of the molecule is CC(NC(=O)c1cc(C(F)(F)F)cc(C(F)(F)F)c1)c1nc(-c2nnco2)nn1-c1ncccn1. The van der Waals surface area contributed by atoms with E-state index in [4.69, 9.17) is 4.42 Å². The lowest BCUT2D eigenvalue weighted by atomic mass is 10.0. The number of hydrogen-bond acceptors (Lipinski definition) is 8. The maximum absolute atomic E-state index is 13.2. The quantitative estimate of drug-likeness (QED) is 0.414. The van der Waals surface area contributed by atoms with Crippen LogP contribution in [0.1, 0.15) is 40.3 Å². The lowest BCUT2D eigenvalue weighted by molar-refractivity contribution is -0.143. The van der Waals surface area contributed by atoms with E-state index in [1.54, 1.807) is 0 Å². The molecule has 0 aliphatic heterocycles. The molecule has 1 amide bonds. The van der Waals surface area contributed by atoms with E-state index >= 15 is 0 Å². The van der Waals surface area contributed by atoms with Gasteiger partial charge in [0.25, 0.3) is 17.7 Å². The molecule has 0 bridgehead atoms. The zero-order chi connectivity index (χ0) is 25.4. The zero-order valence-electron chi connectivity index (χ0n) is 17.3. The van der Waals surface area contributed by atoms with Crippen molar-refractivity contribution in [2.75, 3.05) is 0 Å². The van der Waals surface area contributed by atoms with Gasteiger partial charge in [-0.3, -0.25) is 4.79 Å². The molecule has 0 aliphatic carbocycles. The van der Waals surface area contributed by atoms with E-state index in [-0.39, 0.29) is 29.6 Å². The largest absolute Gasteiger partial charge is 0.421 e. The van der Waals surface area contributed by atoms with Crippen LogP contribution in [0.15, 0.2) is 47.5 Å². The summed E-state index contributed by atoms with van der Waals surface area (Å²) in [6.45, 7) is 1.39. The van der Waals surface area contributed by atoms with Crippen LogP contribution in [0.25, 0.3) is 17.7 Å². The number of alkyl halides is 6. The van der Waals surface area contributed by atoms with Gasteiger partial charge in [-0.25, -0.2) is 15.0 Å². The van der Waals surface area contributed by atoms with Crippen LogP contribution in [0.3, 0.4) is 0 Å². The maximum Gasteiger partial charge on any atom is 0.416 e. The van der Waals surface area contributed by atoms with Gasteiger partial charge in [-0.1, -0.05) is 0 Å². The Labute approximate surface area is 191 Å². The summed E-state index contributed by atoms with van der Waals surface area (Å²) in [5.41, 5.74) is -4.09. The van der Waals surface area contributed by atoms with Crippen molar-refractivity contribution in [1.29, 1.82) is 0 Å². The Balaban J connectivity index is 1.70. The number of carbonyl (C=O) groups is 1. The Bertz CT molecular complexity index is 1300. The third-order valence-corrected chi connectivity index (χ3v) is 4.51. The standard InChI is InChI=1S/C19H12F6N8O2/c1-9(29-15(34)10-5-11(18(20,21)22)7-12(6-10)19(23,24)25)14-30-13(16-31-28-8-35-16)32-33(14)17-26-3-2-4-27-17/h2-9H,1H3,(H,29,34). The third-order valence-electron chi connectivity index (χ3n) is 4.51. The monoisotopic (exact) mass is 498 g/mol. The molecular weight excluding hydrogens is 486 g/mol. The summed E-state index contributed by atoms with van der Waals surface area (Å²) in [4.78, 5) is 24.9. The fourth-order valence-corrected chi connectivity index (χ4v) is 2.94. The molecule has 0 saturated carbocycles. The number of aromatic nitrogens is 7. The molecule has 1 N–H and O–H groups in total. The highest BCUT2D eigenvalue weighted by Gasteiger charge is 2.37. The van der Waals surface area contributed by atoms with Crippen molar-refractivity contribution in [2.45, 2.75) is 25.3 Å². The molecule has 0 aliphatic rings. The minimum atomic E-state index is -5.11. The Morgan fingerprint density at radius 1 is 1.03 bits per heavy atom. The number of nitrogens with zero attached hydrogens (tertiary/aromatic N) is 7. The smallest absolute Gasteiger partial charge is 0.416 e. The van der Waals surface area contributed by atoms with Crippen LogP contribution in [0.2, 0.25) is 0 Å². The van der Waals surface area contributed by atoms with Gasteiger partial charge in [0.2, 0.25) is 12.2 Å². The van der Waals surface area contributed by atoms with Crippen molar-refractivity contribution in [2.24, 2.45) is 0 Å². The predicted molar refractivity (Wildman–Crippen MR) is 103 cm³/mol. The lowest BCUT2D eigenvalue weighted by Gasteiger charge is -2.16. The number of benzene rings is 1. The van der Waals surface area contributed by atoms with Crippen molar-refractivity contribution in [3.8, 4) is 17.7 Å². The summed E-state index contributed by atoms with van der Waals surface area (Å²) in [7, 11) is 0. The summed E-state index contributed by atoms with van der Waals surface area (Å²) in [6.07, 6.45) is -6.40. The van der Waals surface area contributed by atoms with E-state index in [2.05, 4.69) is 35.6 Å². The Hall–Kier alpha value is -4.37. The fourth-order valence-electron chi connectivity index (χ4n) is 2.94. The number of nitrogens with one attached hydrogen (secondary N) is 1. The minimum Gasteiger partial charge on any atom is -0.421 e. The van der Waals surface area contributed by atoms with Crippen LogP contribution in [0.4, 0.5) is 26.3 Å². The molecule has 1 aromatic carbocycles. The van der Waals surface area contributed by atoms with Crippen molar-refractivity contribution in [3.05, 3.63) is 65.6 Å². The lowest BCUT2D eigenvalue weighted by Crippen LogP contribution is -2.29. The van der Waals surface area contributed by atoms with E-state index in [9.17, 15) is 31.1 Å². The van der Waals surface area contributed by atoms with Crippen LogP contribution >= 0.6 is 0 Å². The number of hydrogen-bond donors (Lipinski definition) is 1. The van der Waals surface area contributed by atoms with E-state index in [0.717, 1.165) is 11.1 Å². The number of amides is 1. The van der Waals surface area contributed by atoms with Gasteiger partial charge in [0.05, 0.1) is 17.2 Å². The second kappa shape index (κ2) is 8.77. The first-order valence-electron chi connectivity index (χ1n) is 9.54. The van der Waals surface area contributed by atoms with Gasteiger partial charge in [0.1, 0.15) is 0 Å². The van der Waals surface area contributed by atoms with Gasteiger partial charge in [-0.05, 0) is 31.2 Å². The molecular formula is C19H12F6N8O2. The molecule has 0 spiro atoms. The highest BCUT2D eigenvalue weighted by atomic mass is 19.4. The molecule has 0 fully saturated rings. The molecule has 0 radical (unpaired) electrons. The van der Waals surface area contributed by atoms with Crippen LogP contribution in [-0.2, 0) is 12.4 Å². The highest BCUT2D eigenvalue weighted by molar-refractivity contribution is 5.94. The topological polar surface area (TPSA) is 125 Å². The molecule has 4 rings (SSSR count). The molecule has 35 heavy (non-hydrogen) atoms. The first kappa shape index (κ1) is 23.8. The Morgan fingerprint density at radius 2 is 1.66 bits per heavy atom. The molecule has 1 atom stereocenters. The Kier molecular flexibility index (Phi) is 5.96. The van der Waals surface area contributed by atoms with Gasteiger partial charge in [0, 0.05) is 18.0 Å². The number of carbonyl (C=O) groups excluding carboxylic acids is 1. The second-order valence-corrected chi connectivity index (χ2v) is 6.99. The molecule has 4 aromatic rings. The summed E-state index contributed by atoms with van der Waals surface area (Å²) in [6, 6.07) is 1.02. The van der Waals surface area contributed by atoms with Crippen LogP contribution < -0.4 is 5.32 Å². The van der Waals surface area contributed by atoms with Crippen molar-refractivity contribution in [3.63, 3.8) is 0 Å².